The van der Waals surface area contributed by atoms with Crippen LogP contribution in [0.3, 0.4) is 0 Å². The van der Waals surface area contributed by atoms with Crippen LogP contribution >= 0.6 is 0 Å². The van der Waals surface area contributed by atoms with Crippen molar-refractivity contribution < 1.29 is 42.9 Å². The maximum Gasteiger partial charge on any atom is 0.508 e. The minimum Gasteiger partial charge on any atom is -0.457 e. The molecule has 0 saturated carbocycles. The van der Waals surface area contributed by atoms with Gasteiger partial charge in [-0.25, -0.2) is 9.59 Å². The Morgan fingerprint density at radius 2 is 1.18 bits per heavy atom. The quantitative estimate of drug-likeness (QED) is 0.254. The van der Waals surface area contributed by atoms with Gasteiger partial charge in [0.05, 0.1) is 0 Å². The summed E-state index contributed by atoms with van der Waals surface area (Å²) < 4.78 is 26.9. The summed E-state index contributed by atoms with van der Waals surface area (Å²) in [6.07, 6.45) is -2.55. The molecule has 39 heavy (non-hydrogen) atoms. The highest BCUT2D eigenvalue weighted by molar-refractivity contribution is 5.83. The van der Waals surface area contributed by atoms with Gasteiger partial charge in [-0.05, 0) is 63.1 Å². The minimum atomic E-state index is -1.68. The first-order chi connectivity index (χ1) is 17.9. The van der Waals surface area contributed by atoms with E-state index in [1.807, 2.05) is 41.5 Å². The number of benzene rings is 1. The van der Waals surface area contributed by atoms with Gasteiger partial charge < -0.3 is 29.4 Å². The molecule has 1 unspecified atom stereocenters. The number of hydrogen-bond acceptors (Lipinski definition) is 10. The molecule has 0 aromatic heterocycles. The highest BCUT2D eigenvalue weighted by Crippen LogP contribution is 2.34. The molecule has 0 aliphatic rings. The van der Waals surface area contributed by atoms with E-state index in [9.17, 15) is 19.2 Å². The summed E-state index contributed by atoms with van der Waals surface area (Å²) in [5, 5.41) is 0. The number of hydrogen-bond donors (Lipinski definition) is 1. The lowest BCUT2D eigenvalue weighted by molar-refractivity contribution is -0.160. The van der Waals surface area contributed by atoms with Crippen molar-refractivity contribution in [3.05, 3.63) is 23.8 Å². The third-order valence-electron chi connectivity index (χ3n) is 6.02. The number of nitrogens with two attached hydrogens (primary N) is 1. The monoisotopic (exact) mass is 551 g/mol. The largest absolute Gasteiger partial charge is 0.508 e. The second kappa shape index (κ2) is 14.9. The van der Waals surface area contributed by atoms with E-state index >= 15 is 0 Å². The predicted octanol–water partition coefficient (Wildman–Crippen LogP) is 5.28. The SMILES string of the molecule is CC(C)CC(=O)Oc1ccc([C@](C)(N)C(=O)O[C@@H](C)[C@H](C)OC(=O)OC(C)C(C)C)cc1OC(=O)CC(C)C. The van der Waals surface area contributed by atoms with Gasteiger partial charge in [-0.3, -0.25) is 9.59 Å². The van der Waals surface area contributed by atoms with E-state index in [0.717, 1.165) is 0 Å². The molecule has 0 aliphatic heterocycles. The molecule has 0 aliphatic carbocycles. The fourth-order valence-corrected chi connectivity index (χ4v) is 3.06. The maximum absolute atomic E-state index is 13.1. The van der Waals surface area contributed by atoms with Crippen LogP contribution in [0.1, 0.15) is 87.6 Å². The molecule has 1 aromatic rings. The van der Waals surface area contributed by atoms with Gasteiger partial charge in [0, 0.05) is 12.8 Å². The summed E-state index contributed by atoms with van der Waals surface area (Å²) in [6, 6.07) is 4.30. The summed E-state index contributed by atoms with van der Waals surface area (Å²) in [5.41, 5.74) is 4.95. The van der Waals surface area contributed by atoms with E-state index < -0.39 is 41.8 Å². The molecule has 2 N–H and O–H groups in total. The minimum absolute atomic E-state index is 0.0356. The van der Waals surface area contributed by atoms with Crippen LogP contribution < -0.4 is 15.2 Å². The van der Waals surface area contributed by atoms with Gasteiger partial charge in [0.25, 0.3) is 0 Å². The third-order valence-corrected chi connectivity index (χ3v) is 6.02. The second-order valence-corrected chi connectivity index (χ2v) is 11.3. The Labute approximate surface area is 231 Å². The van der Waals surface area contributed by atoms with Crippen LogP contribution in [0.5, 0.6) is 11.5 Å². The first-order valence-electron chi connectivity index (χ1n) is 13.4. The summed E-state index contributed by atoms with van der Waals surface area (Å²) in [4.78, 5) is 49.8. The van der Waals surface area contributed by atoms with Crippen molar-refractivity contribution >= 4 is 24.1 Å². The fraction of sp³-hybridized carbons (Fsp3) is 0.655. The van der Waals surface area contributed by atoms with Crippen LogP contribution in [0, 0.1) is 17.8 Å². The highest BCUT2D eigenvalue weighted by Gasteiger charge is 2.36. The molecule has 10 nitrogen and oxygen atoms in total. The van der Waals surface area contributed by atoms with E-state index in [4.69, 9.17) is 29.4 Å². The van der Waals surface area contributed by atoms with Gasteiger partial charge in [-0.15, -0.1) is 0 Å². The lowest BCUT2D eigenvalue weighted by Crippen LogP contribution is -2.46. The molecule has 1 rings (SSSR count). The van der Waals surface area contributed by atoms with Crippen LogP contribution in [0.25, 0.3) is 0 Å². The normalized spacial score (nSPS) is 15.2. The Bertz CT molecular complexity index is 1000. The van der Waals surface area contributed by atoms with Gasteiger partial charge in [-0.2, -0.15) is 0 Å². The second-order valence-electron chi connectivity index (χ2n) is 11.3. The Kier molecular flexibility index (Phi) is 12.9. The predicted molar refractivity (Wildman–Crippen MR) is 145 cm³/mol. The van der Waals surface area contributed by atoms with Crippen molar-refractivity contribution in [1.82, 2.24) is 0 Å². The number of ether oxygens (including phenoxy) is 5. The Hall–Kier alpha value is -3.14. The van der Waals surface area contributed by atoms with Crippen LogP contribution in [-0.4, -0.2) is 42.4 Å². The molecule has 0 fully saturated rings. The number of rotatable bonds is 13. The zero-order valence-electron chi connectivity index (χ0n) is 24.9. The molecule has 220 valence electrons. The van der Waals surface area contributed by atoms with E-state index in [1.165, 1.54) is 25.1 Å². The maximum atomic E-state index is 13.1. The molecule has 4 atom stereocenters. The fourth-order valence-electron chi connectivity index (χ4n) is 3.06. The Morgan fingerprint density at radius 3 is 1.67 bits per heavy atom. The van der Waals surface area contributed by atoms with E-state index in [-0.39, 0.29) is 53.8 Å². The molecule has 0 saturated heterocycles. The lowest BCUT2D eigenvalue weighted by Gasteiger charge is -2.28. The standard InChI is InChI=1S/C29H45NO9/c1-16(2)13-25(31)38-23-12-11-22(15-24(23)39-26(32)14-17(3)4)29(10,30)27(33)35-20(8)21(9)37-28(34)36-19(7)18(5)6/h11-12,15-21H,13-14,30H2,1-10H3/t19?,20-,21-,29-/m0/s1. The Balaban J connectivity index is 3.09. The molecule has 0 amide bonds. The van der Waals surface area contributed by atoms with Crippen molar-refractivity contribution in [3.8, 4) is 11.5 Å². The van der Waals surface area contributed by atoms with Crippen molar-refractivity contribution in [3.63, 3.8) is 0 Å². The van der Waals surface area contributed by atoms with Gasteiger partial charge >= 0.3 is 24.1 Å². The number of carbonyl (C=O) groups excluding carboxylic acids is 4. The van der Waals surface area contributed by atoms with Crippen molar-refractivity contribution in [2.75, 3.05) is 0 Å². The molecule has 0 heterocycles. The number of carbonyl (C=O) groups is 4. The van der Waals surface area contributed by atoms with E-state index in [2.05, 4.69) is 0 Å². The molecule has 0 bridgehead atoms. The topological polar surface area (TPSA) is 140 Å². The van der Waals surface area contributed by atoms with Crippen LogP contribution in [0.15, 0.2) is 18.2 Å². The van der Waals surface area contributed by atoms with Gasteiger partial charge in [0.2, 0.25) is 0 Å². The highest BCUT2D eigenvalue weighted by atomic mass is 16.7. The summed E-state index contributed by atoms with van der Waals surface area (Å²) in [5.74, 6) is -1.60. The van der Waals surface area contributed by atoms with Crippen LogP contribution in [-0.2, 0) is 34.1 Å². The molecular formula is C29H45NO9. The molecular weight excluding hydrogens is 506 g/mol. The van der Waals surface area contributed by atoms with Gasteiger partial charge in [-0.1, -0.05) is 47.6 Å². The van der Waals surface area contributed by atoms with Gasteiger partial charge in [0.1, 0.15) is 23.9 Å². The zero-order valence-corrected chi connectivity index (χ0v) is 24.9. The summed E-state index contributed by atoms with van der Waals surface area (Å²) in [7, 11) is 0. The first kappa shape index (κ1) is 33.9. The molecule has 0 spiro atoms. The van der Waals surface area contributed by atoms with Crippen LogP contribution in [0.4, 0.5) is 4.79 Å². The average molecular weight is 552 g/mol. The molecule has 10 heteroatoms. The molecule has 1 aromatic carbocycles. The van der Waals surface area contributed by atoms with Crippen molar-refractivity contribution in [2.24, 2.45) is 23.5 Å². The smallest absolute Gasteiger partial charge is 0.457 e. The zero-order chi connectivity index (χ0) is 30.1. The average Bonchev–Trinajstić information content (AvgIpc) is 2.78. The van der Waals surface area contributed by atoms with Crippen molar-refractivity contribution in [1.29, 1.82) is 0 Å². The van der Waals surface area contributed by atoms with E-state index in [0.29, 0.717) is 0 Å². The van der Waals surface area contributed by atoms with Crippen molar-refractivity contribution in [2.45, 2.75) is 106 Å². The van der Waals surface area contributed by atoms with E-state index in [1.54, 1.807) is 20.8 Å². The molecule has 0 radical (unpaired) electrons. The lowest BCUT2D eigenvalue weighted by atomic mass is 9.93. The van der Waals surface area contributed by atoms with Gasteiger partial charge in [0.15, 0.2) is 11.5 Å². The summed E-state index contributed by atoms with van der Waals surface area (Å²) >= 11 is 0. The van der Waals surface area contributed by atoms with Crippen LogP contribution in [0.2, 0.25) is 0 Å². The Morgan fingerprint density at radius 1 is 0.718 bits per heavy atom. The number of esters is 3. The first-order valence-corrected chi connectivity index (χ1v) is 13.4. The summed E-state index contributed by atoms with van der Waals surface area (Å²) in [6.45, 7) is 17.6. The third kappa shape index (κ3) is 11.2.